The van der Waals surface area contributed by atoms with E-state index in [1.54, 1.807) is 0 Å². The van der Waals surface area contributed by atoms with Crippen LogP contribution in [0.3, 0.4) is 0 Å². The van der Waals surface area contributed by atoms with Crippen molar-refractivity contribution in [2.75, 3.05) is 32.7 Å². The first kappa shape index (κ1) is 26.7. The summed E-state index contributed by atoms with van der Waals surface area (Å²) in [5, 5.41) is 4.51. The van der Waals surface area contributed by atoms with Crippen LogP contribution in [0.1, 0.15) is 36.2 Å². The number of carbonyl (C=O) groups excluding carboxylic acids is 1. The highest BCUT2D eigenvalue weighted by molar-refractivity contribution is 6.42. The van der Waals surface area contributed by atoms with Gasteiger partial charge in [0.1, 0.15) is 0 Å². The summed E-state index contributed by atoms with van der Waals surface area (Å²) in [5.74, 6) is 0.505. The topological polar surface area (TPSA) is 35.6 Å². The molecule has 1 atom stereocenters. The number of halogens is 2. The molecule has 190 valence electrons. The minimum atomic E-state index is -0.00138. The van der Waals surface area contributed by atoms with Crippen LogP contribution in [-0.4, -0.2) is 54.5 Å². The number of rotatable bonds is 9. The molecule has 1 unspecified atom stereocenters. The second-order valence-electron chi connectivity index (χ2n) is 10.1. The van der Waals surface area contributed by atoms with Crippen LogP contribution in [0.4, 0.5) is 0 Å². The SMILES string of the molecule is CC(C)CC(CN1CCN(Cc2ccc(Cl)c(Cl)c2)CC1)NC(=O)c1ccc(-c2ccccc2)cc1. The van der Waals surface area contributed by atoms with Gasteiger partial charge in [-0.15, -0.1) is 0 Å². The van der Waals surface area contributed by atoms with E-state index in [-0.39, 0.29) is 11.9 Å². The van der Waals surface area contributed by atoms with E-state index in [9.17, 15) is 4.79 Å². The Labute approximate surface area is 225 Å². The van der Waals surface area contributed by atoms with Crippen LogP contribution in [-0.2, 0) is 6.54 Å². The Morgan fingerprint density at radius 3 is 2.11 bits per heavy atom. The van der Waals surface area contributed by atoms with Gasteiger partial charge in [0.05, 0.1) is 10.0 Å². The Morgan fingerprint density at radius 2 is 1.47 bits per heavy atom. The maximum atomic E-state index is 13.1. The maximum Gasteiger partial charge on any atom is 0.251 e. The molecular formula is C30H35Cl2N3O. The molecule has 4 nitrogen and oxygen atoms in total. The van der Waals surface area contributed by atoms with Gasteiger partial charge in [-0.3, -0.25) is 14.6 Å². The van der Waals surface area contributed by atoms with Crippen molar-refractivity contribution in [3.63, 3.8) is 0 Å². The summed E-state index contributed by atoms with van der Waals surface area (Å²) >= 11 is 12.2. The van der Waals surface area contributed by atoms with E-state index in [0.717, 1.165) is 56.8 Å². The molecule has 0 saturated carbocycles. The van der Waals surface area contributed by atoms with Crippen molar-refractivity contribution in [2.24, 2.45) is 5.92 Å². The Kier molecular flexibility index (Phi) is 9.44. The van der Waals surface area contributed by atoms with Gasteiger partial charge in [-0.1, -0.05) is 85.6 Å². The summed E-state index contributed by atoms with van der Waals surface area (Å²) in [6.07, 6.45) is 0.956. The normalized spacial score (nSPS) is 15.7. The van der Waals surface area contributed by atoms with Crippen molar-refractivity contribution in [1.29, 1.82) is 0 Å². The number of carbonyl (C=O) groups is 1. The van der Waals surface area contributed by atoms with E-state index in [4.69, 9.17) is 23.2 Å². The third kappa shape index (κ3) is 7.57. The quantitative estimate of drug-likeness (QED) is 0.342. The Morgan fingerprint density at radius 1 is 0.833 bits per heavy atom. The Bertz CT molecular complexity index is 1130. The van der Waals surface area contributed by atoms with E-state index in [2.05, 4.69) is 41.1 Å². The van der Waals surface area contributed by atoms with E-state index >= 15 is 0 Å². The minimum absolute atomic E-state index is 0.00138. The number of hydrogen-bond donors (Lipinski definition) is 1. The molecule has 3 aromatic rings. The summed E-state index contributed by atoms with van der Waals surface area (Å²) in [5.41, 5.74) is 4.15. The van der Waals surface area contributed by atoms with Crippen LogP contribution < -0.4 is 5.32 Å². The molecule has 0 aliphatic carbocycles. The van der Waals surface area contributed by atoms with Crippen molar-refractivity contribution in [2.45, 2.75) is 32.9 Å². The van der Waals surface area contributed by atoms with E-state index in [1.165, 1.54) is 5.56 Å². The molecule has 1 aliphatic heterocycles. The average molecular weight is 525 g/mol. The van der Waals surface area contributed by atoms with Crippen molar-refractivity contribution in [1.82, 2.24) is 15.1 Å². The third-order valence-electron chi connectivity index (χ3n) is 6.68. The van der Waals surface area contributed by atoms with E-state index in [0.29, 0.717) is 21.5 Å². The number of hydrogen-bond acceptors (Lipinski definition) is 3. The molecular weight excluding hydrogens is 489 g/mol. The molecule has 0 spiro atoms. The molecule has 1 amide bonds. The van der Waals surface area contributed by atoms with Crippen LogP contribution in [0.25, 0.3) is 11.1 Å². The van der Waals surface area contributed by atoms with Gasteiger partial charge >= 0.3 is 0 Å². The van der Waals surface area contributed by atoms with E-state index < -0.39 is 0 Å². The van der Waals surface area contributed by atoms with Gasteiger partial charge in [0.25, 0.3) is 5.91 Å². The first-order chi connectivity index (χ1) is 17.4. The van der Waals surface area contributed by atoms with Crippen molar-refractivity contribution < 1.29 is 4.79 Å². The lowest BCUT2D eigenvalue weighted by Gasteiger charge is -2.37. The standard InChI is InChI=1S/C30H35Cl2N3O/c1-22(2)18-27(33-30(36)26-11-9-25(10-12-26)24-6-4-3-5-7-24)21-35-16-14-34(15-17-35)20-23-8-13-28(31)29(32)19-23/h3-13,19,22,27H,14-18,20-21H2,1-2H3,(H,33,36). The van der Waals surface area contributed by atoms with Crippen LogP contribution >= 0.6 is 23.2 Å². The second kappa shape index (κ2) is 12.7. The maximum absolute atomic E-state index is 13.1. The number of piperazine rings is 1. The fourth-order valence-corrected chi connectivity index (χ4v) is 5.12. The Balaban J connectivity index is 1.30. The average Bonchev–Trinajstić information content (AvgIpc) is 2.87. The van der Waals surface area contributed by atoms with Gasteiger partial charge in [0.2, 0.25) is 0 Å². The van der Waals surface area contributed by atoms with Crippen molar-refractivity contribution in [3.8, 4) is 11.1 Å². The molecule has 6 heteroatoms. The highest BCUT2D eigenvalue weighted by atomic mass is 35.5. The smallest absolute Gasteiger partial charge is 0.251 e. The van der Waals surface area contributed by atoms with Gasteiger partial charge in [0.15, 0.2) is 0 Å². The van der Waals surface area contributed by atoms with Crippen molar-refractivity contribution in [3.05, 3.63) is 94.0 Å². The lowest BCUT2D eigenvalue weighted by molar-refractivity contribution is 0.0879. The summed E-state index contributed by atoms with van der Waals surface area (Å²) in [4.78, 5) is 18.0. The monoisotopic (exact) mass is 523 g/mol. The largest absolute Gasteiger partial charge is 0.348 e. The van der Waals surface area contributed by atoms with Gasteiger partial charge in [-0.2, -0.15) is 0 Å². The first-order valence-corrected chi connectivity index (χ1v) is 13.5. The summed E-state index contributed by atoms with van der Waals surface area (Å²) in [6, 6.07) is 24.1. The molecule has 1 N–H and O–H groups in total. The number of benzene rings is 3. The zero-order valence-corrected chi connectivity index (χ0v) is 22.6. The molecule has 1 heterocycles. The van der Waals surface area contributed by atoms with Crippen LogP contribution in [0.5, 0.6) is 0 Å². The van der Waals surface area contributed by atoms with Crippen LogP contribution in [0.2, 0.25) is 10.0 Å². The highest BCUT2D eigenvalue weighted by Gasteiger charge is 2.22. The first-order valence-electron chi connectivity index (χ1n) is 12.7. The zero-order valence-electron chi connectivity index (χ0n) is 21.1. The molecule has 1 fully saturated rings. The lowest BCUT2D eigenvalue weighted by Crippen LogP contribution is -2.51. The van der Waals surface area contributed by atoms with Crippen molar-refractivity contribution >= 4 is 29.1 Å². The van der Waals surface area contributed by atoms with E-state index in [1.807, 2.05) is 60.7 Å². The Hall–Kier alpha value is -2.37. The molecule has 1 aliphatic rings. The van der Waals surface area contributed by atoms with Gasteiger partial charge in [-0.05, 0) is 53.3 Å². The molecule has 0 bridgehead atoms. The van der Waals surface area contributed by atoms with Crippen LogP contribution in [0.15, 0.2) is 72.8 Å². The molecule has 36 heavy (non-hydrogen) atoms. The molecule has 3 aromatic carbocycles. The summed E-state index contributed by atoms with van der Waals surface area (Å²) in [6.45, 7) is 10.1. The fraction of sp³-hybridized carbons (Fsp3) is 0.367. The van der Waals surface area contributed by atoms with Crippen LogP contribution in [0, 0.1) is 5.92 Å². The molecule has 0 radical (unpaired) electrons. The van der Waals surface area contributed by atoms with Gasteiger partial charge in [0, 0.05) is 50.9 Å². The number of amides is 1. The molecule has 1 saturated heterocycles. The predicted molar refractivity (Wildman–Crippen MR) is 151 cm³/mol. The molecule has 4 rings (SSSR count). The predicted octanol–water partition coefficient (Wildman–Crippen LogP) is 6.62. The summed E-state index contributed by atoms with van der Waals surface area (Å²) in [7, 11) is 0. The zero-order chi connectivity index (χ0) is 25.5. The summed E-state index contributed by atoms with van der Waals surface area (Å²) < 4.78 is 0. The minimum Gasteiger partial charge on any atom is -0.348 e. The van der Waals surface area contributed by atoms with Gasteiger partial charge in [-0.25, -0.2) is 0 Å². The molecule has 0 aromatic heterocycles. The number of nitrogens with zero attached hydrogens (tertiary/aromatic N) is 2. The third-order valence-corrected chi connectivity index (χ3v) is 7.42. The lowest BCUT2D eigenvalue weighted by atomic mass is 10.0. The van der Waals surface area contributed by atoms with Gasteiger partial charge < -0.3 is 5.32 Å². The number of nitrogens with one attached hydrogen (secondary N) is 1. The highest BCUT2D eigenvalue weighted by Crippen LogP contribution is 2.24. The fourth-order valence-electron chi connectivity index (χ4n) is 4.80. The second-order valence-corrected chi connectivity index (χ2v) is 10.9.